The number of aromatic nitrogens is 2. The molecule has 0 aliphatic carbocycles. The lowest BCUT2D eigenvalue weighted by Gasteiger charge is -2.07. The number of carbonyl (C=O) groups is 1. The molecule has 3 N–H and O–H groups in total. The number of primary sulfonamides is 1. The van der Waals surface area contributed by atoms with Crippen LogP contribution in [-0.4, -0.2) is 24.1 Å². The molecule has 1 aromatic heterocycles. The van der Waals surface area contributed by atoms with E-state index in [0.29, 0.717) is 22.5 Å². The second-order valence-electron chi connectivity index (χ2n) is 7.00. The van der Waals surface area contributed by atoms with E-state index in [1.165, 1.54) is 0 Å². The number of nitrogens with one attached hydrogen (secondary N) is 1. The van der Waals surface area contributed by atoms with Gasteiger partial charge in [-0.2, -0.15) is 5.10 Å². The van der Waals surface area contributed by atoms with Gasteiger partial charge in [0.2, 0.25) is 10.0 Å². The zero-order valence-electron chi connectivity index (χ0n) is 16.5. The summed E-state index contributed by atoms with van der Waals surface area (Å²) in [5, 5.41) is 12.6. The summed E-state index contributed by atoms with van der Waals surface area (Å²) in [4.78, 5) is 13.1. The third kappa shape index (κ3) is 5.06. The molecule has 0 unspecified atom stereocenters. The Balaban J connectivity index is 1.65. The van der Waals surface area contributed by atoms with Crippen molar-refractivity contribution in [3.05, 3.63) is 102 Å². The van der Waals surface area contributed by atoms with Crippen molar-refractivity contribution in [3.63, 3.8) is 0 Å². The molecule has 0 fully saturated rings. The smallest absolute Gasteiger partial charge is 0.259 e. The highest BCUT2D eigenvalue weighted by Crippen LogP contribution is 2.25. The molecule has 0 aliphatic rings. The van der Waals surface area contributed by atoms with Gasteiger partial charge in [0, 0.05) is 17.4 Å². The Kier molecular flexibility index (Phi) is 5.66. The first-order valence-corrected chi connectivity index (χ1v) is 11.2. The van der Waals surface area contributed by atoms with Gasteiger partial charge in [-0.1, -0.05) is 60.7 Å². The second-order valence-corrected chi connectivity index (χ2v) is 8.61. The van der Waals surface area contributed by atoms with Crippen LogP contribution in [0.25, 0.3) is 16.9 Å². The maximum atomic E-state index is 13.1. The summed E-state index contributed by atoms with van der Waals surface area (Å²) in [6.45, 7) is 0. The van der Waals surface area contributed by atoms with Crippen molar-refractivity contribution in [1.82, 2.24) is 9.78 Å². The van der Waals surface area contributed by atoms with Crippen molar-refractivity contribution in [2.75, 3.05) is 5.32 Å². The number of hydrogen-bond acceptors (Lipinski definition) is 4. The van der Waals surface area contributed by atoms with Gasteiger partial charge in [-0.15, -0.1) is 0 Å². The molecule has 3 aromatic carbocycles. The molecule has 0 radical (unpaired) electrons. The molecule has 31 heavy (non-hydrogen) atoms. The number of benzene rings is 3. The minimum atomic E-state index is -3.61. The minimum absolute atomic E-state index is 0.261. The Morgan fingerprint density at radius 2 is 1.52 bits per heavy atom. The Bertz CT molecular complexity index is 1300. The number of para-hydroxylation sites is 1. The fraction of sp³-hybridized carbons (Fsp3) is 0.0435. The fourth-order valence-electron chi connectivity index (χ4n) is 3.18. The van der Waals surface area contributed by atoms with Crippen LogP contribution < -0.4 is 10.5 Å². The van der Waals surface area contributed by atoms with E-state index in [9.17, 15) is 13.2 Å². The van der Waals surface area contributed by atoms with Gasteiger partial charge in [0.1, 0.15) is 5.69 Å². The Hall–Kier alpha value is -3.75. The van der Waals surface area contributed by atoms with Crippen LogP contribution in [0.4, 0.5) is 5.69 Å². The van der Waals surface area contributed by atoms with Crippen molar-refractivity contribution >= 4 is 21.6 Å². The minimum Gasteiger partial charge on any atom is -0.322 e. The van der Waals surface area contributed by atoms with Gasteiger partial charge < -0.3 is 5.32 Å². The second kappa shape index (κ2) is 8.55. The average Bonchev–Trinajstić information content (AvgIpc) is 3.21. The maximum absolute atomic E-state index is 13.1. The first kappa shape index (κ1) is 20.5. The molecular formula is C23H20N4O3S. The highest BCUT2D eigenvalue weighted by Gasteiger charge is 2.19. The molecule has 0 bridgehead atoms. The highest BCUT2D eigenvalue weighted by atomic mass is 32.2. The van der Waals surface area contributed by atoms with Crippen LogP contribution in [0.3, 0.4) is 0 Å². The van der Waals surface area contributed by atoms with E-state index in [2.05, 4.69) is 10.4 Å². The largest absolute Gasteiger partial charge is 0.322 e. The van der Waals surface area contributed by atoms with Crippen LogP contribution in [0.1, 0.15) is 15.9 Å². The summed E-state index contributed by atoms with van der Waals surface area (Å²) in [5.41, 5.74) is 3.73. The zero-order valence-corrected chi connectivity index (χ0v) is 17.3. The lowest BCUT2D eigenvalue weighted by Crippen LogP contribution is -2.15. The van der Waals surface area contributed by atoms with Gasteiger partial charge in [0.25, 0.3) is 5.91 Å². The molecule has 0 saturated heterocycles. The highest BCUT2D eigenvalue weighted by molar-refractivity contribution is 7.88. The first-order valence-electron chi connectivity index (χ1n) is 9.50. The topological polar surface area (TPSA) is 107 Å². The zero-order chi connectivity index (χ0) is 21.8. The lowest BCUT2D eigenvalue weighted by atomic mass is 10.1. The number of anilines is 1. The molecule has 8 heteroatoms. The van der Waals surface area contributed by atoms with Crippen LogP contribution in [0.2, 0.25) is 0 Å². The Morgan fingerprint density at radius 1 is 0.903 bits per heavy atom. The van der Waals surface area contributed by atoms with Crippen LogP contribution in [0.15, 0.2) is 91.1 Å². The average molecular weight is 433 g/mol. The first-order chi connectivity index (χ1) is 14.9. The number of rotatable bonds is 6. The third-order valence-corrected chi connectivity index (χ3v) is 5.34. The van der Waals surface area contributed by atoms with Crippen LogP contribution in [-0.2, 0) is 15.8 Å². The van der Waals surface area contributed by atoms with Gasteiger partial charge in [0.05, 0.1) is 17.0 Å². The summed E-state index contributed by atoms with van der Waals surface area (Å²) >= 11 is 0. The van der Waals surface area contributed by atoms with Gasteiger partial charge >= 0.3 is 0 Å². The molecule has 156 valence electrons. The molecule has 7 nitrogen and oxygen atoms in total. The van der Waals surface area contributed by atoms with E-state index in [1.807, 2.05) is 60.7 Å². The number of hydrogen-bond donors (Lipinski definition) is 2. The van der Waals surface area contributed by atoms with E-state index in [0.717, 1.165) is 11.3 Å². The van der Waals surface area contributed by atoms with E-state index < -0.39 is 10.0 Å². The van der Waals surface area contributed by atoms with Gasteiger partial charge in [-0.25, -0.2) is 18.2 Å². The summed E-state index contributed by atoms with van der Waals surface area (Å²) < 4.78 is 24.2. The molecular weight excluding hydrogens is 412 g/mol. The third-order valence-electron chi connectivity index (χ3n) is 4.61. The van der Waals surface area contributed by atoms with Crippen LogP contribution in [0, 0.1) is 0 Å². The monoisotopic (exact) mass is 432 g/mol. The molecule has 0 aliphatic heterocycles. The van der Waals surface area contributed by atoms with Crippen molar-refractivity contribution < 1.29 is 13.2 Å². The Morgan fingerprint density at radius 3 is 2.13 bits per heavy atom. The van der Waals surface area contributed by atoms with E-state index in [-0.39, 0.29) is 11.7 Å². The van der Waals surface area contributed by atoms with Gasteiger partial charge in [-0.05, 0) is 29.8 Å². The molecule has 4 rings (SSSR count). The van der Waals surface area contributed by atoms with Crippen LogP contribution >= 0.6 is 0 Å². The van der Waals surface area contributed by atoms with Gasteiger partial charge in [-0.3, -0.25) is 4.79 Å². The quantitative estimate of drug-likeness (QED) is 0.485. The predicted octanol–water partition coefficient (Wildman–Crippen LogP) is 3.58. The van der Waals surface area contributed by atoms with Crippen molar-refractivity contribution in [2.45, 2.75) is 5.75 Å². The molecule has 0 saturated carbocycles. The maximum Gasteiger partial charge on any atom is 0.259 e. The molecule has 0 atom stereocenters. The van der Waals surface area contributed by atoms with E-state index in [1.54, 1.807) is 35.1 Å². The molecule has 1 heterocycles. The predicted molar refractivity (Wildman–Crippen MR) is 120 cm³/mol. The van der Waals surface area contributed by atoms with Crippen LogP contribution in [0.5, 0.6) is 0 Å². The van der Waals surface area contributed by atoms with Crippen molar-refractivity contribution in [2.24, 2.45) is 5.14 Å². The van der Waals surface area contributed by atoms with E-state index in [4.69, 9.17) is 5.14 Å². The lowest BCUT2D eigenvalue weighted by molar-refractivity contribution is 0.102. The van der Waals surface area contributed by atoms with E-state index >= 15 is 0 Å². The summed E-state index contributed by atoms with van der Waals surface area (Å²) in [6.07, 6.45) is 1.70. The molecule has 0 spiro atoms. The normalized spacial score (nSPS) is 11.3. The standard InChI is InChI=1S/C23H20N4O3S/c24-31(29,30)16-17-11-13-19(14-12-17)25-23(28)21-15-27(20-9-5-2-6-10-20)26-22(21)18-7-3-1-4-8-18/h1-15H,16H2,(H,25,28)(H2,24,29,30). The number of nitrogens with two attached hydrogens (primary N) is 1. The van der Waals surface area contributed by atoms with Crippen molar-refractivity contribution in [3.8, 4) is 16.9 Å². The molecule has 1 amide bonds. The molecule has 4 aromatic rings. The number of nitrogens with zero attached hydrogens (tertiary/aromatic N) is 2. The summed E-state index contributed by atoms with van der Waals surface area (Å²) in [7, 11) is -3.61. The number of sulfonamides is 1. The fourth-order valence-corrected chi connectivity index (χ4v) is 3.83. The number of amides is 1. The SMILES string of the molecule is NS(=O)(=O)Cc1ccc(NC(=O)c2cn(-c3ccccc3)nc2-c2ccccc2)cc1. The summed E-state index contributed by atoms with van der Waals surface area (Å²) in [6, 6.07) is 25.5. The summed E-state index contributed by atoms with van der Waals surface area (Å²) in [5.74, 6) is -0.580. The van der Waals surface area contributed by atoms with Crippen molar-refractivity contribution in [1.29, 1.82) is 0 Å². The number of carbonyl (C=O) groups excluding carboxylic acids is 1. The van der Waals surface area contributed by atoms with Gasteiger partial charge in [0.15, 0.2) is 0 Å². The Labute approximate surface area is 180 Å².